The van der Waals surface area contributed by atoms with Crippen LogP contribution in [0, 0.1) is 20.2 Å². The van der Waals surface area contributed by atoms with Crippen LogP contribution in [0.3, 0.4) is 0 Å². The molecule has 2 amide bonds. The number of carbonyl (C=O) groups excluding carboxylic acids is 2. The Bertz CT molecular complexity index is 1530. The van der Waals surface area contributed by atoms with Crippen LogP contribution < -0.4 is 8.61 Å². The lowest BCUT2D eigenvalue weighted by Crippen LogP contribution is -2.55. The van der Waals surface area contributed by atoms with Gasteiger partial charge in [-0.15, -0.1) is 0 Å². The molecule has 0 atom stereocenters. The Kier molecular flexibility index (Phi) is 8.65. The number of carbonyl (C=O) groups is 2. The molecule has 0 saturated carbocycles. The predicted octanol–water partition coefficient (Wildman–Crippen LogP) is 3.88. The molecule has 218 valence electrons. The minimum absolute atomic E-state index is 0.0717. The summed E-state index contributed by atoms with van der Waals surface area (Å²) in [5, 5.41) is 21.4. The molecular weight excluding hydrogens is 657 g/mol. The maximum Gasteiger partial charge on any atom is 0.517 e. The van der Waals surface area contributed by atoms with Crippen molar-refractivity contribution in [1.29, 1.82) is 0 Å². The second kappa shape index (κ2) is 10.7. The summed E-state index contributed by atoms with van der Waals surface area (Å²) in [4.78, 5) is 45.3. The van der Waals surface area contributed by atoms with Gasteiger partial charge in [-0.25, -0.2) is 0 Å². The van der Waals surface area contributed by atoms with E-state index in [0.29, 0.717) is 12.1 Å². The Balaban J connectivity index is 3.03. The number of halogens is 8. The van der Waals surface area contributed by atoms with Crippen molar-refractivity contribution in [1.82, 2.24) is 0 Å². The molecule has 0 aliphatic carbocycles. The second-order valence-corrected chi connectivity index (χ2v) is 11.3. The molecule has 0 saturated heterocycles. The highest BCUT2D eigenvalue weighted by atomic mass is 35.5. The second-order valence-electron chi connectivity index (χ2n) is 6.82. The molecule has 2 rings (SSSR count). The third-order valence-electron chi connectivity index (χ3n) is 4.32. The zero-order valence-corrected chi connectivity index (χ0v) is 21.3. The highest BCUT2D eigenvalue weighted by molar-refractivity contribution is 7.95. The summed E-state index contributed by atoms with van der Waals surface area (Å²) >= 11 is 11.0. The van der Waals surface area contributed by atoms with Gasteiger partial charge in [0, 0.05) is 22.2 Å². The average molecular weight is 663 g/mol. The van der Waals surface area contributed by atoms with Crippen molar-refractivity contribution in [2.45, 2.75) is 11.0 Å². The Morgan fingerprint density at radius 1 is 0.675 bits per heavy atom. The smallest absolute Gasteiger partial charge is 0.262 e. The monoisotopic (exact) mass is 662 g/mol. The molecule has 0 heterocycles. The van der Waals surface area contributed by atoms with Gasteiger partial charge in [0.1, 0.15) is 11.4 Å². The van der Waals surface area contributed by atoms with Crippen LogP contribution in [-0.4, -0.2) is 49.5 Å². The van der Waals surface area contributed by atoms with Gasteiger partial charge in [0.15, 0.2) is 0 Å². The summed E-state index contributed by atoms with van der Waals surface area (Å²) in [6.07, 6.45) is 0. The zero-order chi connectivity index (χ0) is 31.2. The van der Waals surface area contributed by atoms with Gasteiger partial charge in [-0.05, 0) is 24.3 Å². The first-order valence-electron chi connectivity index (χ1n) is 9.16. The van der Waals surface area contributed by atoms with Crippen LogP contribution in [0.1, 0.15) is 0 Å². The maximum absolute atomic E-state index is 13.5. The van der Waals surface area contributed by atoms with Crippen LogP contribution >= 0.6 is 23.2 Å². The van der Waals surface area contributed by atoms with Crippen LogP contribution in [0.2, 0.25) is 10.0 Å². The number of nitro groups is 2. The lowest BCUT2D eigenvalue weighted by atomic mass is 10.2. The third-order valence-corrected chi connectivity index (χ3v) is 7.65. The number of sulfonamides is 2. The first kappa shape index (κ1) is 32.5. The molecule has 0 aliphatic heterocycles. The minimum atomic E-state index is -7.28. The molecule has 0 fully saturated rings. The van der Waals surface area contributed by atoms with Gasteiger partial charge in [0.05, 0.1) is 9.85 Å². The number of hydrogen-bond acceptors (Lipinski definition) is 10. The Hall–Kier alpha value is -3.76. The Labute approximate surface area is 226 Å². The predicted molar refractivity (Wildman–Crippen MR) is 121 cm³/mol. The Morgan fingerprint density at radius 3 is 1.18 bits per heavy atom. The molecule has 0 aliphatic rings. The van der Waals surface area contributed by atoms with E-state index in [4.69, 9.17) is 23.2 Å². The molecule has 40 heavy (non-hydrogen) atoms. The van der Waals surface area contributed by atoms with E-state index in [1.807, 2.05) is 0 Å². The van der Waals surface area contributed by atoms with Gasteiger partial charge in [-0.1, -0.05) is 23.2 Å². The van der Waals surface area contributed by atoms with Crippen molar-refractivity contribution in [3.63, 3.8) is 0 Å². The van der Waals surface area contributed by atoms with E-state index >= 15 is 0 Å². The third kappa shape index (κ3) is 5.88. The van der Waals surface area contributed by atoms with Crippen molar-refractivity contribution >= 4 is 77.8 Å². The summed E-state index contributed by atoms with van der Waals surface area (Å²) in [6, 6.07) is 1.44. The fourth-order valence-corrected chi connectivity index (χ4v) is 4.87. The summed E-state index contributed by atoms with van der Waals surface area (Å²) in [6.45, 7) is 0. The largest absolute Gasteiger partial charge is 0.517 e. The average Bonchev–Trinajstić information content (AvgIpc) is 2.79. The summed E-state index contributed by atoms with van der Waals surface area (Å²) < 4.78 is 126. The number of benzene rings is 2. The number of anilines is 2. The van der Waals surface area contributed by atoms with Gasteiger partial charge in [0.2, 0.25) is 0 Å². The molecule has 0 unspecified atom stereocenters. The number of rotatable bonds is 6. The number of amides is 2. The number of hydrogen-bond donors (Lipinski definition) is 0. The molecule has 0 spiro atoms. The molecule has 0 bridgehead atoms. The topological polar surface area (TPSA) is 195 Å². The van der Waals surface area contributed by atoms with E-state index in [1.54, 1.807) is 0 Å². The van der Waals surface area contributed by atoms with Crippen LogP contribution in [-0.2, 0) is 29.6 Å². The van der Waals surface area contributed by atoms with Crippen LogP contribution in [0.4, 0.5) is 49.1 Å². The highest BCUT2D eigenvalue weighted by Gasteiger charge is 2.59. The first-order chi connectivity index (χ1) is 18.0. The minimum Gasteiger partial charge on any atom is -0.262 e. The number of nitro benzene ring substituents is 2. The summed E-state index contributed by atoms with van der Waals surface area (Å²) in [5.74, 6) is -6.58. The van der Waals surface area contributed by atoms with Crippen molar-refractivity contribution < 1.29 is 62.6 Å². The van der Waals surface area contributed by atoms with Crippen molar-refractivity contribution in [3.8, 4) is 0 Å². The van der Waals surface area contributed by atoms with Crippen LogP contribution in [0.25, 0.3) is 0 Å². The molecule has 0 N–H and O–H groups in total. The van der Waals surface area contributed by atoms with Crippen molar-refractivity contribution in [2.24, 2.45) is 0 Å². The lowest BCUT2D eigenvalue weighted by Gasteiger charge is -2.27. The van der Waals surface area contributed by atoms with Crippen LogP contribution in [0.15, 0.2) is 36.4 Å². The fourth-order valence-electron chi connectivity index (χ4n) is 2.71. The van der Waals surface area contributed by atoms with Crippen molar-refractivity contribution in [3.05, 3.63) is 66.7 Å². The van der Waals surface area contributed by atoms with Gasteiger partial charge in [0.25, 0.3) is 11.4 Å². The maximum atomic E-state index is 13.5. The van der Waals surface area contributed by atoms with E-state index in [2.05, 4.69) is 0 Å². The number of alkyl halides is 6. The van der Waals surface area contributed by atoms with E-state index < -0.39 is 94.1 Å². The molecule has 0 aromatic heterocycles. The Morgan fingerprint density at radius 2 is 0.950 bits per heavy atom. The SMILES string of the molecule is O=C(C(=O)N(c1ccc(Cl)cc1[N+](=O)[O-])S(=O)(=O)C(F)(F)F)N(c1ccc(Cl)cc1[N+](=O)[O-])S(=O)(=O)C(F)(F)F. The molecule has 2 aromatic carbocycles. The van der Waals surface area contributed by atoms with Gasteiger partial charge in [-0.2, -0.15) is 51.8 Å². The summed E-state index contributed by atoms with van der Waals surface area (Å²) in [5.41, 5.74) is -20.4. The zero-order valence-electron chi connectivity index (χ0n) is 18.2. The lowest BCUT2D eigenvalue weighted by molar-refractivity contribution is -0.384. The van der Waals surface area contributed by atoms with Gasteiger partial charge >= 0.3 is 42.9 Å². The van der Waals surface area contributed by atoms with Crippen LogP contribution in [0.5, 0.6) is 0 Å². The fraction of sp³-hybridized carbons (Fsp3) is 0.125. The molecule has 0 radical (unpaired) electrons. The van der Waals surface area contributed by atoms with E-state index in [1.165, 1.54) is 0 Å². The van der Waals surface area contributed by atoms with E-state index in [9.17, 15) is 73.0 Å². The van der Waals surface area contributed by atoms with Gasteiger partial charge < -0.3 is 0 Å². The quantitative estimate of drug-likeness (QED) is 0.189. The molecule has 2 aromatic rings. The van der Waals surface area contributed by atoms with Gasteiger partial charge in [-0.3, -0.25) is 29.8 Å². The van der Waals surface area contributed by atoms with E-state index in [0.717, 1.165) is 0 Å². The standard InChI is InChI=1S/C16H6Cl2F6N4O10S2/c17-7-1-3-9(11(5-7)27(31)32)25(39(35,36)15(19,20)21)13(29)14(30)26(40(37,38)16(22,23)24)10-4-2-8(18)6-12(10)28(33)34/h1-6H. The molecule has 14 nitrogen and oxygen atoms in total. The molecular formula is C16H6Cl2F6N4O10S2. The normalized spacial score (nSPS) is 12.5. The first-order valence-corrected chi connectivity index (χ1v) is 12.8. The summed E-state index contributed by atoms with van der Waals surface area (Å²) in [7, 11) is -14.6. The highest BCUT2D eigenvalue weighted by Crippen LogP contribution is 2.41. The van der Waals surface area contributed by atoms with E-state index in [-0.39, 0.29) is 24.3 Å². The van der Waals surface area contributed by atoms with Crippen molar-refractivity contribution in [2.75, 3.05) is 8.61 Å². The number of nitrogens with zero attached hydrogens (tertiary/aromatic N) is 4. The molecule has 24 heteroatoms.